The molecule has 2 amide bonds. The van der Waals surface area contributed by atoms with Crippen LogP contribution >= 0.6 is 0 Å². The smallest absolute Gasteiger partial charge is 0.258 e. The molecule has 0 radical (unpaired) electrons. The Balaban J connectivity index is 1.77. The first kappa shape index (κ1) is 22.9. The van der Waals surface area contributed by atoms with Crippen LogP contribution in [-0.2, 0) is 0 Å². The van der Waals surface area contributed by atoms with E-state index >= 15 is 0 Å². The largest absolute Gasteiger partial charge is 0.507 e. The summed E-state index contributed by atoms with van der Waals surface area (Å²) in [5.74, 6) is -0.706. The number of amides is 2. The minimum absolute atomic E-state index is 0.0801. The van der Waals surface area contributed by atoms with Gasteiger partial charge in [0, 0.05) is 36.0 Å². The van der Waals surface area contributed by atoms with Gasteiger partial charge in [-0.25, -0.2) is 0 Å². The van der Waals surface area contributed by atoms with Crippen LogP contribution in [0.1, 0.15) is 20.7 Å². The number of carbonyl (C=O) groups is 2. The van der Waals surface area contributed by atoms with Crippen LogP contribution in [0.3, 0.4) is 0 Å². The second kappa shape index (κ2) is 9.07. The van der Waals surface area contributed by atoms with Crippen molar-refractivity contribution >= 4 is 44.7 Å². The van der Waals surface area contributed by atoms with Crippen molar-refractivity contribution in [3.8, 4) is 11.5 Å². The minimum Gasteiger partial charge on any atom is -0.507 e. The number of aromatic hydroxyl groups is 2. The Morgan fingerprint density at radius 2 is 0.861 bits per heavy atom. The van der Waals surface area contributed by atoms with Crippen LogP contribution in [0.15, 0.2) is 97.1 Å². The third-order valence-corrected chi connectivity index (χ3v) is 6.45. The first-order chi connectivity index (χ1) is 17.4. The number of rotatable bonds is 4. The molecule has 0 aliphatic rings. The van der Waals surface area contributed by atoms with E-state index in [1.807, 2.05) is 12.1 Å². The maximum absolute atomic E-state index is 13.3. The topological polar surface area (TPSA) is 81.1 Å². The summed E-state index contributed by atoms with van der Waals surface area (Å²) in [5, 5.41) is 24.3. The molecule has 0 aromatic heterocycles. The molecule has 178 valence electrons. The molecule has 0 saturated carbocycles. The number of hydrogen-bond donors (Lipinski definition) is 2. The molecule has 0 unspecified atom stereocenters. The molecule has 0 atom stereocenters. The zero-order valence-corrected chi connectivity index (χ0v) is 19.8. The van der Waals surface area contributed by atoms with Crippen LogP contribution in [0.2, 0.25) is 0 Å². The molecule has 6 heteroatoms. The van der Waals surface area contributed by atoms with Gasteiger partial charge in [0.25, 0.3) is 11.8 Å². The molecule has 5 aromatic rings. The lowest BCUT2D eigenvalue weighted by Gasteiger charge is -2.25. The van der Waals surface area contributed by atoms with E-state index in [0.29, 0.717) is 33.3 Å². The van der Waals surface area contributed by atoms with Crippen molar-refractivity contribution in [1.29, 1.82) is 0 Å². The summed E-state index contributed by atoms with van der Waals surface area (Å²) in [4.78, 5) is 29.4. The van der Waals surface area contributed by atoms with Gasteiger partial charge in [0.05, 0.1) is 22.1 Å². The normalized spacial score (nSPS) is 10.9. The van der Waals surface area contributed by atoms with E-state index in [0.717, 1.165) is 0 Å². The van der Waals surface area contributed by atoms with E-state index in [-0.39, 0.29) is 34.1 Å². The molecular formula is C30H24N2O4. The minimum atomic E-state index is -0.273. The predicted octanol–water partition coefficient (Wildman–Crippen LogP) is 5.96. The fourth-order valence-electron chi connectivity index (χ4n) is 4.55. The first-order valence-corrected chi connectivity index (χ1v) is 11.5. The molecule has 0 heterocycles. The molecule has 0 spiro atoms. The van der Waals surface area contributed by atoms with E-state index < -0.39 is 0 Å². The summed E-state index contributed by atoms with van der Waals surface area (Å²) >= 11 is 0. The van der Waals surface area contributed by atoms with Gasteiger partial charge < -0.3 is 20.0 Å². The SMILES string of the molecule is CN(C(=O)c1ccccc1)c1ccc(N(C)C(=O)c2ccccc2)c2c(O)c3ccccc3c(O)c12. The lowest BCUT2D eigenvalue weighted by Crippen LogP contribution is -2.28. The Hall–Kier alpha value is -4.84. The fraction of sp³-hybridized carbons (Fsp3) is 0.0667. The highest BCUT2D eigenvalue weighted by Crippen LogP contribution is 2.49. The van der Waals surface area contributed by atoms with Crippen LogP contribution in [0.25, 0.3) is 21.5 Å². The predicted molar refractivity (Wildman–Crippen MR) is 143 cm³/mol. The van der Waals surface area contributed by atoms with Crippen molar-refractivity contribution < 1.29 is 19.8 Å². The number of fused-ring (bicyclic) bond motifs is 2. The van der Waals surface area contributed by atoms with Gasteiger partial charge in [-0.1, -0.05) is 60.7 Å². The van der Waals surface area contributed by atoms with Gasteiger partial charge in [-0.15, -0.1) is 0 Å². The standard InChI is InChI=1S/C30H24N2O4/c1-31(29(35)19-11-5-3-6-12-19)23-17-18-24(32(2)30(36)20-13-7-4-8-14-20)26-25(23)27(33)21-15-9-10-16-22(21)28(26)34/h3-18,33-34H,1-2H3. The Labute approximate surface area is 208 Å². The Morgan fingerprint density at radius 1 is 0.528 bits per heavy atom. The van der Waals surface area contributed by atoms with Crippen molar-refractivity contribution in [2.45, 2.75) is 0 Å². The highest BCUT2D eigenvalue weighted by molar-refractivity contribution is 6.23. The molecule has 2 N–H and O–H groups in total. The van der Waals surface area contributed by atoms with E-state index in [1.165, 1.54) is 9.80 Å². The average molecular weight is 477 g/mol. The Morgan fingerprint density at radius 3 is 1.22 bits per heavy atom. The monoisotopic (exact) mass is 476 g/mol. The number of anilines is 2. The highest BCUT2D eigenvalue weighted by Gasteiger charge is 2.26. The van der Waals surface area contributed by atoms with Crippen molar-refractivity contribution in [3.05, 3.63) is 108 Å². The molecular weight excluding hydrogens is 452 g/mol. The number of hydrogen-bond acceptors (Lipinski definition) is 4. The van der Waals surface area contributed by atoms with E-state index in [1.54, 1.807) is 99.0 Å². The van der Waals surface area contributed by atoms with Gasteiger partial charge in [0.1, 0.15) is 11.5 Å². The summed E-state index contributed by atoms with van der Waals surface area (Å²) in [6, 6.07) is 28.0. The quantitative estimate of drug-likeness (QED) is 0.248. The van der Waals surface area contributed by atoms with E-state index in [4.69, 9.17) is 0 Å². The second-order valence-corrected chi connectivity index (χ2v) is 8.56. The van der Waals surface area contributed by atoms with Crippen LogP contribution in [0, 0.1) is 0 Å². The molecule has 5 aromatic carbocycles. The van der Waals surface area contributed by atoms with Crippen LogP contribution in [0.5, 0.6) is 11.5 Å². The Kier molecular flexibility index (Phi) is 5.78. The third-order valence-electron chi connectivity index (χ3n) is 6.45. The molecule has 0 bridgehead atoms. The van der Waals surface area contributed by atoms with Crippen molar-refractivity contribution in [2.24, 2.45) is 0 Å². The third kappa shape index (κ3) is 3.69. The summed E-state index contributed by atoms with van der Waals surface area (Å²) < 4.78 is 0. The lowest BCUT2D eigenvalue weighted by molar-refractivity contribution is 0.0985. The van der Waals surface area contributed by atoms with E-state index in [2.05, 4.69) is 0 Å². The number of carbonyl (C=O) groups excluding carboxylic acids is 2. The van der Waals surface area contributed by atoms with Gasteiger partial charge in [-0.3, -0.25) is 9.59 Å². The second-order valence-electron chi connectivity index (χ2n) is 8.56. The molecule has 0 fully saturated rings. The fourth-order valence-corrected chi connectivity index (χ4v) is 4.55. The maximum Gasteiger partial charge on any atom is 0.258 e. The number of phenols is 2. The molecule has 0 saturated heterocycles. The lowest BCUT2D eigenvalue weighted by atomic mass is 9.96. The molecule has 0 aliphatic heterocycles. The number of phenolic OH excluding ortho intramolecular Hbond substituents is 2. The van der Waals surface area contributed by atoms with Crippen LogP contribution < -0.4 is 9.80 Å². The molecule has 5 rings (SSSR count). The van der Waals surface area contributed by atoms with Gasteiger partial charge in [-0.05, 0) is 36.4 Å². The van der Waals surface area contributed by atoms with Crippen LogP contribution in [-0.4, -0.2) is 36.1 Å². The first-order valence-electron chi connectivity index (χ1n) is 11.5. The highest BCUT2D eigenvalue weighted by atomic mass is 16.3. The average Bonchev–Trinajstić information content (AvgIpc) is 2.94. The zero-order chi connectivity index (χ0) is 25.4. The van der Waals surface area contributed by atoms with Crippen molar-refractivity contribution in [2.75, 3.05) is 23.9 Å². The molecule has 0 aliphatic carbocycles. The Bertz CT molecular complexity index is 1490. The van der Waals surface area contributed by atoms with Gasteiger partial charge in [-0.2, -0.15) is 0 Å². The molecule has 36 heavy (non-hydrogen) atoms. The van der Waals surface area contributed by atoms with Gasteiger partial charge in [0.2, 0.25) is 0 Å². The molecule has 6 nitrogen and oxygen atoms in total. The number of nitrogens with zero attached hydrogens (tertiary/aromatic N) is 2. The maximum atomic E-state index is 13.3. The summed E-state index contributed by atoms with van der Waals surface area (Å²) in [6.07, 6.45) is 0. The van der Waals surface area contributed by atoms with Gasteiger partial charge >= 0.3 is 0 Å². The van der Waals surface area contributed by atoms with Crippen molar-refractivity contribution in [1.82, 2.24) is 0 Å². The summed E-state index contributed by atoms with van der Waals surface area (Å²) in [7, 11) is 3.24. The summed E-state index contributed by atoms with van der Waals surface area (Å²) in [6.45, 7) is 0. The van der Waals surface area contributed by atoms with Crippen molar-refractivity contribution in [3.63, 3.8) is 0 Å². The van der Waals surface area contributed by atoms with Crippen LogP contribution in [0.4, 0.5) is 11.4 Å². The van der Waals surface area contributed by atoms with E-state index in [9.17, 15) is 19.8 Å². The zero-order valence-electron chi connectivity index (χ0n) is 19.8. The summed E-state index contributed by atoms with van der Waals surface area (Å²) in [5.41, 5.74) is 1.78. The number of benzene rings is 5. The van der Waals surface area contributed by atoms with Gasteiger partial charge in [0.15, 0.2) is 0 Å².